The fourth-order valence-corrected chi connectivity index (χ4v) is 4.70. The third kappa shape index (κ3) is 1.93. The number of hydrogen-bond acceptors (Lipinski definition) is 6. The topological polar surface area (TPSA) is 34.1 Å². The summed E-state index contributed by atoms with van der Waals surface area (Å²) in [5, 5.41) is 0. The molecule has 1 aliphatic rings. The quantitative estimate of drug-likeness (QED) is 0.538. The minimum absolute atomic E-state index is 0.000370. The molecule has 6 heteroatoms. The Morgan fingerprint density at radius 2 is 1.00 bits per heavy atom. The molecule has 0 aromatic carbocycles. The van der Waals surface area contributed by atoms with Gasteiger partial charge in [-0.1, -0.05) is 0 Å². The van der Waals surface area contributed by atoms with Gasteiger partial charge >= 0.3 is 0 Å². The Bertz CT molecular complexity index is 104. The molecule has 0 N–H and O–H groups in total. The molecule has 0 aromatic rings. The van der Waals surface area contributed by atoms with E-state index in [9.17, 15) is 9.59 Å². The zero-order chi connectivity index (χ0) is 5.98. The van der Waals surface area contributed by atoms with Crippen LogP contribution in [0.1, 0.15) is 0 Å². The molecular weight excluding hydrogens is 184 g/mol. The lowest BCUT2D eigenvalue weighted by atomic mass is 11.8. The van der Waals surface area contributed by atoms with Crippen molar-refractivity contribution in [2.75, 3.05) is 0 Å². The molecular formula is C2O2S4. The van der Waals surface area contributed by atoms with Crippen LogP contribution in [0.4, 0.5) is 9.59 Å². The van der Waals surface area contributed by atoms with Crippen LogP contribution in [0.2, 0.25) is 0 Å². The molecule has 1 fully saturated rings. The van der Waals surface area contributed by atoms with Crippen molar-refractivity contribution in [3.63, 3.8) is 0 Å². The van der Waals surface area contributed by atoms with E-state index < -0.39 is 0 Å². The van der Waals surface area contributed by atoms with E-state index in [1.165, 1.54) is 0 Å². The van der Waals surface area contributed by atoms with E-state index in [4.69, 9.17) is 0 Å². The van der Waals surface area contributed by atoms with Gasteiger partial charge in [0.25, 0.3) is 8.89 Å². The van der Waals surface area contributed by atoms with Crippen molar-refractivity contribution in [1.29, 1.82) is 0 Å². The van der Waals surface area contributed by atoms with E-state index in [1.54, 1.807) is 0 Å². The van der Waals surface area contributed by atoms with Gasteiger partial charge in [-0.3, -0.25) is 9.59 Å². The molecule has 0 spiro atoms. The van der Waals surface area contributed by atoms with Crippen LogP contribution < -0.4 is 0 Å². The van der Waals surface area contributed by atoms with E-state index >= 15 is 0 Å². The summed E-state index contributed by atoms with van der Waals surface area (Å²) >= 11 is 0. The van der Waals surface area contributed by atoms with Gasteiger partial charge in [0.15, 0.2) is 0 Å². The number of hydrogen-bond donors (Lipinski definition) is 0. The van der Waals surface area contributed by atoms with Gasteiger partial charge in [0.2, 0.25) is 0 Å². The molecule has 1 saturated heterocycles. The van der Waals surface area contributed by atoms with Gasteiger partial charge in [-0.05, 0) is 0 Å². The highest BCUT2D eigenvalue weighted by atomic mass is 33.2. The van der Waals surface area contributed by atoms with Crippen LogP contribution in [0.3, 0.4) is 0 Å². The fraction of sp³-hybridized carbons (Fsp3) is 0. The predicted molar refractivity (Wildman–Crippen MR) is 41.2 cm³/mol. The molecule has 0 atom stereocenters. The third-order valence-electron chi connectivity index (χ3n) is 0.355. The number of carbonyl (C=O) groups is 2. The van der Waals surface area contributed by atoms with Crippen LogP contribution in [0.5, 0.6) is 0 Å². The predicted octanol–water partition coefficient (Wildman–Crippen LogP) is 3.00. The monoisotopic (exact) mass is 184 g/mol. The first-order chi connectivity index (χ1) is 3.79. The van der Waals surface area contributed by atoms with E-state index in [-0.39, 0.29) is 8.89 Å². The third-order valence-corrected chi connectivity index (χ3v) is 5.65. The summed E-state index contributed by atoms with van der Waals surface area (Å²) in [6, 6.07) is 0. The Kier molecular flexibility index (Phi) is 2.61. The minimum Gasteiger partial charge on any atom is -0.273 e. The molecule has 0 aromatic heterocycles. The van der Waals surface area contributed by atoms with Crippen LogP contribution in [0.15, 0.2) is 0 Å². The van der Waals surface area contributed by atoms with Crippen molar-refractivity contribution in [1.82, 2.24) is 0 Å². The first-order valence-electron chi connectivity index (χ1n) is 1.56. The second-order valence-electron chi connectivity index (χ2n) is 0.833. The summed E-state index contributed by atoms with van der Waals surface area (Å²) in [5.74, 6) is 0. The molecule has 0 aliphatic carbocycles. The second-order valence-corrected chi connectivity index (χ2v) is 5.50. The Hall–Kier alpha value is 0.740. The van der Waals surface area contributed by atoms with Gasteiger partial charge in [0, 0.05) is 43.2 Å². The van der Waals surface area contributed by atoms with Crippen molar-refractivity contribution in [3.8, 4) is 0 Å². The lowest BCUT2D eigenvalue weighted by Crippen LogP contribution is -1.84. The Morgan fingerprint density at radius 1 is 0.750 bits per heavy atom. The van der Waals surface area contributed by atoms with Gasteiger partial charge in [-0.25, -0.2) is 0 Å². The highest BCUT2D eigenvalue weighted by Gasteiger charge is 2.18. The molecule has 8 heavy (non-hydrogen) atoms. The summed E-state index contributed by atoms with van der Waals surface area (Å²) in [5.41, 5.74) is 0. The summed E-state index contributed by atoms with van der Waals surface area (Å²) in [6.45, 7) is 0. The average Bonchev–Trinajstić information content (AvgIpc) is 1.77. The molecule has 2 nitrogen and oxygen atoms in total. The molecule has 0 radical (unpaired) electrons. The van der Waals surface area contributed by atoms with E-state index in [2.05, 4.69) is 0 Å². The van der Waals surface area contributed by atoms with Gasteiger partial charge < -0.3 is 0 Å². The zero-order valence-corrected chi connectivity index (χ0v) is 6.72. The number of rotatable bonds is 0. The summed E-state index contributed by atoms with van der Waals surface area (Å²) < 4.78 is -0.000741. The lowest BCUT2D eigenvalue weighted by Gasteiger charge is -2.00. The van der Waals surface area contributed by atoms with E-state index in [1.807, 2.05) is 0 Å². The van der Waals surface area contributed by atoms with Crippen LogP contribution >= 0.6 is 43.2 Å². The normalized spacial score (nSPS) is 21.5. The highest BCUT2D eigenvalue weighted by molar-refractivity contribution is 9.09. The lowest BCUT2D eigenvalue weighted by molar-refractivity contribution is 0.275. The van der Waals surface area contributed by atoms with Crippen molar-refractivity contribution in [2.24, 2.45) is 0 Å². The molecule has 0 unspecified atom stereocenters. The minimum atomic E-state index is -0.000370. The van der Waals surface area contributed by atoms with Gasteiger partial charge in [0.05, 0.1) is 0 Å². The van der Waals surface area contributed by atoms with Gasteiger partial charge in [-0.2, -0.15) is 0 Å². The first-order valence-corrected chi connectivity index (χ1v) is 5.86. The molecule has 0 amide bonds. The van der Waals surface area contributed by atoms with Gasteiger partial charge in [-0.15, -0.1) is 0 Å². The van der Waals surface area contributed by atoms with Crippen LogP contribution in [0.25, 0.3) is 0 Å². The van der Waals surface area contributed by atoms with Crippen molar-refractivity contribution >= 4 is 52.1 Å². The molecule has 0 saturated carbocycles. The van der Waals surface area contributed by atoms with Crippen molar-refractivity contribution in [2.45, 2.75) is 0 Å². The maximum absolute atomic E-state index is 10.3. The number of carbonyl (C=O) groups excluding carboxylic acids is 2. The maximum Gasteiger partial charge on any atom is 0.267 e. The Balaban J connectivity index is 2.40. The SMILES string of the molecule is O=C1SSC(=O)SS1. The maximum atomic E-state index is 10.3. The molecule has 1 heterocycles. The standard InChI is InChI=1S/C2O2S4/c3-1-5-7-2(4)8-6-1. The second kappa shape index (κ2) is 3.05. The molecule has 1 rings (SSSR count). The average molecular weight is 184 g/mol. The fourth-order valence-electron chi connectivity index (χ4n) is 0.164. The Morgan fingerprint density at radius 3 is 1.25 bits per heavy atom. The summed E-state index contributed by atoms with van der Waals surface area (Å²) in [6.07, 6.45) is 0. The van der Waals surface area contributed by atoms with Crippen molar-refractivity contribution in [3.05, 3.63) is 0 Å². The van der Waals surface area contributed by atoms with Crippen LogP contribution in [-0.2, 0) is 0 Å². The van der Waals surface area contributed by atoms with Crippen LogP contribution in [-0.4, -0.2) is 8.89 Å². The highest BCUT2D eigenvalue weighted by Crippen LogP contribution is 2.46. The smallest absolute Gasteiger partial charge is 0.267 e. The summed E-state index contributed by atoms with van der Waals surface area (Å²) in [4.78, 5) is 20.7. The summed E-state index contributed by atoms with van der Waals surface area (Å²) in [7, 11) is 3.99. The Labute approximate surface area is 61.7 Å². The van der Waals surface area contributed by atoms with Crippen LogP contribution in [0, 0.1) is 0 Å². The van der Waals surface area contributed by atoms with E-state index in [0.29, 0.717) is 0 Å². The molecule has 0 bridgehead atoms. The van der Waals surface area contributed by atoms with Crippen molar-refractivity contribution < 1.29 is 9.59 Å². The largest absolute Gasteiger partial charge is 0.273 e. The van der Waals surface area contributed by atoms with Gasteiger partial charge in [0.1, 0.15) is 0 Å². The first kappa shape index (κ1) is 6.85. The van der Waals surface area contributed by atoms with E-state index in [0.717, 1.165) is 43.2 Å². The molecule has 44 valence electrons. The molecule has 1 aliphatic heterocycles. The zero-order valence-electron chi connectivity index (χ0n) is 3.45.